The summed E-state index contributed by atoms with van der Waals surface area (Å²) in [5.41, 5.74) is 0. The van der Waals surface area contributed by atoms with Gasteiger partial charge in [0.2, 0.25) is 0 Å². The summed E-state index contributed by atoms with van der Waals surface area (Å²) in [6.07, 6.45) is 2.08. The molecule has 1 aliphatic carbocycles. The second-order valence-corrected chi connectivity index (χ2v) is 5.04. The highest BCUT2D eigenvalue weighted by atomic mass is 35.7. The van der Waals surface area contributed by atoms with Gasteiger partial charge in [0.15, 0.2) is 0 Å². The van der Waals surface area contributed by atoms with Gasteiger partial charge in [-0.3, -0.25) is 0 Å². The van der Waals surface area contributed by atoms with Crippen molar-refractivity contribution in [3.05, 3.63) is 0 Å². The Morgan fingerprint density at radius 3 is 2.00 bits per heavy atom. The monoisotopic (exact) mass is 166 g/mol. The molecule has 1 rings (SSSR count). The Kier molecular flexibility index (Phi) is 1.88. The molecule has 0 saturated heterocycles. The molecule has 1 aliphatic rings. The normalized spacial score (nSPS) is 26.2. The van der Waals surface area contributed by atoms with Gasteiger partial charge in [-0.05, 0) is 29.4 Å². The molecule has 0 heterocycles. The van der Waals surface area contributed by atoms with E-state index in [4.69, 9.17) is 10.7 Å². The van der Waals surface area contributed by atoms with Crippen LogP contribution in [0.15, 0.2) is 0 Å². The first-order chi connectivity index (χ1) is 4.09. The van der Waals surface area contributed by atoms with E-state index in [9.17, 15) is 4.21 Å². The molecule has 1 fully saturated rings. The molecule has 1 atom stereocenters. The Bertz CT molecular complexity index is 140. The van der Waals surface area contributed by atoms with Gasteiger partial charge in [0, 0.05) is 0 Å². The molecule has 1 nitrogen and oxygen atoms in total. The van der Waals surface area contributed by atoms with Crippen LogP contribution in [0.3, 0.4) is 0 Å². The maximum absolute atomic E-state index is 10.8. The number of hydrogen-bond donors (Lipinski definition) is 0. The highest BCUT2D eigenvalue weighted by Gasteiger charge is 2.50. The molecule has 0 spiro atoms. The number of hydrogen-bond acceptors (Lipinski definition) is 1. The van der Waals surface area contributed by atoms with Crippen LogP contribution in [0.25, 0.3) is 0 Å². The number of rotatable bonds is 2. The summed E-state index contributed by atoms with van der Waals surface area (Å²) in [7, 11) is 4.38. The van der Waals surface area contributed by atoms with E-state index in [1.54, 1.807) is 0 Å². The van der Waals surface area contributed by atoms with Crippen LogP contribution in [0.1, 0.15) is 26.7 Å². The van der Waals surface area contributed by atoms with Gasteiger partial charge in [-0.2, -0.15) is 0 Å². The first-order valence-electron chi connectivity index (χ1n) is 3.18. The van der Waals surface area contributed by atoms with Crippen LogP contribution in [0.5, 0.6) is 0 Å². The summed E-state index contributed by atoms with van der Waals surface area (Å²) in [6.45, 7) is 4.15. The van der Waals surface area contributed by atoms with Crippen LogP contribution in [-0.4, -0.2) is 8.96 Å². The Labute approximate surface area is 62.7 Å². The fourth-order valence-electron chi connectivity index (χ4n) is 1.05. The summed E-state index contributed by atoms with van der Waals surface area (Å²) in [5.74, 6) is 0.468. The first-order valence-corrected chi connectivity index (χ1v) is 5.15. The molecule has 0 aromatic heterocycles. The average Bonchev–Trinajstić information content (AvgIpc) is 2.40. The molecule has 0 radical (unpaired) electrons. The van der Waals surface area contributed by atoms with Crippen molar-refractivity contribution in [2.24, 2.45) is 5.92 Å². The number of halogens is 1. The van der Waals surface area contributed by atoms with Crippen LogP contribution in [-0.2, 0) is 10.0 Å². The second kappa shape index (κ2) is 2.24. The maximum atomic E-state index is 10.8. The van der Waals surface area contributed by atoms with Crippen molar-refractivity contribution in [1.82, 2.24) is 0 Å². The van der Waals surface area contributed by atoms with Crippen LogP contribution in [0.2, 0.25) is 0 Å². The third-order valence-electron chi connectivity index (χ3n) is 2.11. The van der Waals surface area contributed by atoms with Crippen molar-refractivity contribution in [3.63, 3.8) is 0 Å². The summed E-state index contributed by atoms with van der Waals surface area (Å²) in [6, 6.07) is 0. The van der Waals surface area contributed by atoms with Crippen molar-refractivity contribution in [3.8, 4) is 0 Å². The largest absolute Gasteiger partial charge is 0.242 e. The van der Waals surface area contributed by atoms with Gasteiger partial charge in [-0.15, -0.1) is 0 Å². The molecule has 0 N–H and O–H groups in total. The van der Waals surface area contributed by atoms with Gasteiger partial charge in [0.1, 0.15) is 10.0 Å². The minimum Gasteiger partial charge on any atom is -0.242 e. The molecule has 1 saturated carbocycles. The van der Waals surface area contributed by atoms with E-state index in [1.807, 2.05) is 0 Å². The van der Waals surface area contributed by atoms with Crippen molar-refractivity contribution in [1.29, 1.82) is 0 Å². The van der Waals surface area contributed by atoms with E-state index < -0.39 is 10.0 Å². The molecule has 0 amide bonds. The van der Waals surface area contributed by atoms with Crippen molar-refractivity contribution >= 4 is 20.7 Å². The van der Waals surface area contributed by atoms with E-state index in [-0.39, 0.29) is 4.75 Å². The zero-order chi connectivity index (χ0) is 7.07. The van der Waals surface area contributed by atoms with Gasteiger partial charge in [0.05, 0.1) is 4.75 Å². The molecule has 0 aromatic rings. The standard InChI is InChI=1S/C6H11ClOS/c1-5(2)6(3-4-6)9(7)8/h5H,3-4H2,1-2H3. The topological polar surface area (TPSA) is 17.1 Å². The van der Waals surface area contributed by atoms with E-state index in [0.29, 0.717) is 5.92 Å². The lowest BCUT2D eigenvalue weighted by atomic mass is 10.1. The zero-order valence-corrected chi connectivity index (χ0v) is 7.26. The lowest BCUT2D eigenvalue weighted by Gasteiger charge is -2.13. The zero-order valence-electron chi connectivity index (χ0n) is 5.69. The average molecular weight is 167 g/mol. The molecular weight excluding hydrogens is 156 g/mol. The second-order valence-electron chi connectivity index (χ2n) is 2.94. The van der Waals surface area contributed by atoms with Gasteiger partial charge in [-0.25, -0.2) is 4.21 Å². The van der Waals surface area contributed by atoms with Crippen molar-refractivity contribution in [2.75, 3.05) is 0 Å². The van der Waals surface area contributed by atoms with Gasteiger partial charge < -0.3 is 0 Å². The van der Waals surface area contributed by atoms with Crippen LogP contribution in [0, 0.1) is 5.92 Å². The predicted octanol–water partition coefficient (Wildman–Crippen LogP) is 2.08. The molecule has 9 heavy (non-hydrogen) atoms. The summed E-state index contributed by atoms with van der Waals surface area (Å²) in [5, 5.41) is 0. The SMILES string of the molecule is CC(C)C1(S(=O)Cl)CC1. The predicted molar refractivity (Wildman–Crippen MR) is 40.8 cm³/mol. The lowest BCUT2D eigenvalue weighted by Crippen LogP contribution is -2.19. The molecule has 0 aliphatic heterocycles. The molecule has 3 heteroatoms. The summed E-state index contributed by atoms with van der Waals surface area (Å²) >= 11 is 0. The maximum Gasteiger partial charge on any atom is 0.121 e. The minimum atomic E-state index is -1.12. The van der Waals surface area contributed by atoms with Crippen LogP contribution < -0.4 is 0 Å². The van der Waals surface area contributed by atoms with Gasteiger partial charge in [-0.1, -0.05) is 13.8 Å². The summed E-state index contributed by atoms with van der Waals surface area (Å²) < 4.78 is 10.8. The Balaban J connectivity index is 2.63. The fraction of sp³-hybridized carbons (Fsp3) is 1.00. The Hall–Kier alpha value is 0.440. The van der Waals surface area contributed by atoms with E-state index >= 15 is 0 Å². The highest BCUT2D eigenvalue weighted by molar-refractivity contribution is 8.09. The van der Waals surface area contributed by atoms with Crippen molar-refractivity contribution < 1.29 is 4.21 Å². The van der Waals surface area contributed by atoms with Crippen LogP contribution in [0.4, 0.5) is 0 Å². The Morgan fingerprint density at radius 2 is 2.00 bits per heavy atom. The molecular formula is C6H11ClOS. The molecule has 0 aromatic carbocycles. The van der Waals surface area contributed by atoms with E-state index in [0.717, 1.165) is 12.8 Å². The van der Waals surface area contributed by atoms with Gasteiger partial charge in [0.25, 0.3) is 0 Å². The highest BCUT2D eigenvalue weighted by Crippen LogP contribution is 2.48. The Morgan fingerprint density at radius 1 is 1.56 bits per heavy atom. The van der Waals surface area contributed by atoms with E-state index in [2.05, 4.69) is 13.8 Å². The third kappa shape index (κ3) is 1.15. The quantitative estimate of drug-likeness (QED) is 0.575. The first kappa shape index (κ1) is 7.55. The third-order valence-corrected chi connectivity index (χ3v) is 4.56. The van der Waals surface area contributed by atoms with Crippen molar-refractivity contribution in [2.45, 2.75) is 31.4 Å². The minimum absolute atomic E-state index is 0.0123. The molecule has 0 bridgehead atoms. The van der Waals surface area contributed by atoms with E-state index in [1.165, 1.54) is 0 Å². The van der Waals surface area contributed by atoms with Gasteiger partial charge >= 0.3 is 0 Å². The fourth-order valence-corrected chi connectivity index (χ4v) is 2.84. The van der Waals surface area contributed by atoms with Crippen LogP contribution >= 0.6 is 10.7 Å². The smallest absolute Gasteiger partial charge is 0.121 e. The molecule has 1 unspecified atom stereocenters. The molecule has 54 valence electrons. The lowest BCUT2D eigenvalue weighted by molar-refractivity contribution is 0.579. The summed E-state index contributed by atoms with van der Waals surface area (Å²) in [4.78, 5) is 0.